The van der Waals surface area contributed by atoms with Crippen LogP contribution < -0.4 is 20.1 Å². The summed E-state index contributed by atoms with van der Waals surface area (Å²) in [5, 5.41) is 5.98. The van der Waals surface area contributed by atoms with Crippen molar-refractivity contribution in [3.05, 3.63) is 24.3 Å². The molecule has 1 aromatic carbocycles. The summed E-state index contributed by atoms with van der Waals surface area (Å²) in [5.74, 6) is 1.69. The van der Waals surface area contributed by atoms with E-state index in [2.05, 4.69) is 25.6 Å². The van der Waals surface area contributed by atoms with E-state index in [9.17, 15) is 0 Å². The van der Waals surface area contributed by atoms with Gasteiger partial charge in [-0.3, -0.25) is 0 Å². The highest BCUT2D eigenvalue weighted by Crippen LogP contribution is 2.19. The zero-order chi connectivity index (χ0) is 15.1. The second kappa shape index (κ2) is 7.28. The van der Waals surface area contributed by atoms with Crippen molar-refractivity contribution in [1.82, 2.24) is 15.0 Å². The Bertz CT molecular complexity index is 574. The largest absolute Gasteiger partial charge is 0.494 e. The molecule has 7 nitrogen and oxygen atoms in total. The fourth-order valence-electron chi connectivity index (χ4n) is 1.65. The third-order valence-corrected chi connectivity index (χ3v) is 2.53. The van der Waals surface area contributed by atoms with Crippen molar-refractivity contribution < 1.29 is 9.47 Å². The van der Waals surface area contributed by atoms with Crippen LogP contribution in [0.4, 0.5) is 17.6 Å². The lowest BCUT2D eigenvalue weighted by Crippen LogP contribution is -2.07. The van der Waals surface area contributed by atoms with Crippen LogP contribution in [0.2, 0.25) is 0 Å². The Hall–Kier alpha value is -2.57. The van der Waals surface area contributed by atoms with Crippen LogP contribution in [0.5, 0.6) is 11.8 Å². The highest BCUT2D eigenvalue weighted by atomic mass is 16.5. The molecule has 0 saturated carbocycles. The number of nitrogens with one attached hydrogen (secondary N) is 2. The van der Waals surface area contributed by atoms with Gasteiger partial charge in [0.25, 0.3) is 0 Å². The van der Waals surface area contributed by atoms with Crippen LogP contribution in [0.15, 0.2) is 24.3 Å². The van der Waals surface area contributed by atoms with Gasteiger partial charge < -0.3 is 20.1 Å². The smallest absolute Gasteiger partial charge is 0.323 e. The zero-order valence-corrected chi connectivity index (χ0v) is 12.4. The Labute approximate surface area is 123 Å². The van der Waals surface area contributed by atoms with Crippen molar-refractivity contribution in [2.24, 2.45) is 0 Å². The van der Waals surface area contributed by atoms with Gasteiger partial charge in [0.2, 0.25) is 11.9 Å². The standard InChI is InChI=1S/C14H19N5O2/c1-4-20-11-8-6-10(7-9-11)16-13-17-12(15-3)18-14(19-13)21-5-2/h6-9H,4-5H2,1-3H3,(H2,15,16,17,18,19). The van der Waals surface area contributed by atoms with E-state index in [0.29, 0.717) is 25.1 Å². The van der Waals surface area contributed by atoms with Crippen molar-refractivity contribution in [3.63, 3.8) is 0 Å². The van der Waals surface area contributed by atoms with Crippen LogP contribution in [0, 0.1) is 0 Å². The molecule has 2 aromatic rings. The molecular weight excluding hydrogens is 270 g/mol. The Morgan fingerprint density at radius 3 is 2.19 bits per heavy atom. The fraction of sp³-hybridized carbons (Fsp3) is 0.357. The Kier molecular flexibility index (Phi) is 5.14. The van der Waals surface area contributed by atoms with Crippen LogP contribution in [-0.4, -0.2) is 35.2 Å². The van der Waals surface area contributed by atoms with Gasteiger partial charge in [-0.15, -0.1) is 0 Å². The summed E-state index contributed by atoms with van der Waals surface area (Å²) in [4.78, 5) is 12.5. The lowest BCUT2D eigenvalue weighted by atomic mass is 10.3. The van der Waals surface area contributed by atoms with Crippen LogP contribution >= 0.6 is 0 Å². The van der Waals surface area contributed by atoms with Gasteiger partial charge in [0.15, 0.2) is 0 Å². The van der Waals surface area contributed by atoms with Gasteiger partial charge in [-0.2, -0.15) is 15.0 Å². The number of aromatic nitrogens is 3. The second-order valence-electron chi connectivity index (χ2n) is 4.03. The van der Waals surface area contributed by atoms with E-state index in [4.69, 9.17) is 9.47 Å². The van der Waals surface area contributed by atoms with E-state index >= 15 is 0 Å². The highest BCUT2D eigenvalue weighted by molar-refractivity contribution is 5.55. The van der Waals surface area contributed by atoms with Gasteiger partial charge in [-0.05, 0) is 38.1 Å². The maximum atomic E-state index is 5.40. The van der Waals surface area contributed by atoms with Crippen molar-refractivity contribution in [3.8, 4) is 11.8 Å². The fourth-order valence-corrected chi connectivity index (χ4v) is 1.65. The first-order valence-corrected chi connectivity index (χ1v) is 6.81. The Morgan fingerprint density at radius 2 is 1.57 bits per heavy atom. The minimum absolute atomic E-state index is 0.283. The zero-order valence-electron chi connectivity index (χ0n) is 12.4. The average molecular weight is 289 g/mol. The molecule has 0 saturated heterocycles. The summed E-state index contributed by atoms with van der Waals surface area (Å²) in [6.45, 7) is 4.97. The molecule has 112 valence electrons. The van der Waals surface area contributed by atoms with Gasteiger partial charge in [-0.25, -0.2) is 0 Å². The highest BCUT2D eigenvalue weighted by Gasteiger charge is 2.06. The van der Waals surface area contributed by atoms with E-state index < -0.39 is 0 Å². The first-order chi connectivity index (χ1) is 10.2. The molecule has 0 bridgehead atoms. The lowest BCUT2D eigenvalue weighted by Gasteiger charge is -2.09. The van der Waals surface area contributed by atoms with Crippen molar-refractivity contribution in [1.29, 1.82) is 0 Å². The quantitative estimate of drug-likeness (QED) is 0.810. The molecule has 0 aliphatic carbocycles. The topological polar surface area (TPSA) is 81.2 Å². The van der Waals surface area contributed by atoms with E-state index in [1.807, 2.05) is 38.1 Å². The predicted octanol–water partition coefficient (Wildman–Crippen LogP) is 2.45. The van der Waals surface area contributed by atoms with E-state index in [1.165, 1.54) is 0 Å². The van der Waals surface area contributed by atoms with Crippen LogP contribution in [0.1, 0.15) is 13.8 Å². The van der Waals surface area contributed by atoms with Crippen molar-refractivity contribution in [2.45, 2.75) is 13.8 Å². The summed E-state index contributed by atoms with van der Waals surface area (Å²) in [6.07, 6.45) is 0. The number of rotatable bonds is 7. The molecule has 1 heterocycles. The molecule has 1 aromatic heterocycles. The maximum Gasteiger partial charge on any atom is 0.323 e. The molecular formula is C14H19N5O2. The molecule has 0 aliphatic rings. The molecule has 0 aliphatic heterocycles. The lowest BCUT2D eigenvalue weighted by molar-refractivity contribution is 0.312. The van der Waals surface area contributed by atoms with Gasteiger partial charge >= 0.3 is 6.01 Å². The average Bonchev–Trinajstić information content (AvgIpc) is 2.49. The number of anilines is 3. The SMILES string of the molecule is CCOc1ccc(Nc2nc(NC)nc(OCC)n2)cc1. The molecule has 2 N–H and O–H groups in total. The minimum atomic E-state index is 0.283. The number of nitrogens with zero attached hydrogens (tertiary/aromatic N) is 3. The first-order valence-electron chi connectivity index (χ1n) is 6.81. The van der Waals surface area contributed by atoms with Crippen molar-refractivity contribution >= 4 is 17.6 Å². The summed E-state index contributed by atoms with van der Waals surface area (Å²) < 4.78 is 10.7. The van der Waals surface area contributed by atoms with Crippen LogP contribution in [0.25, 0.3) is 0 Å². The Balaban J connectivity index is 2.15. The number of hydrogen-bond acceptors (Lipinski definition) is 7. The second-order valence-corrected chi connectivity index (χ2v) is 4.03. The number of benzene rings is 1. The van der Waals surface area contributed by atoms with E-state index in [0.717, 1.165) is 11.4 Å². The van der Waals surface area contributed by atoms with Crippen LogP contribution in [0.3, 0.4) is 0 Å². The monoisotopic (exact) mass is 289 g/mol. The molecule has 0 spiro atoms. The first kappa shape index (κ1) is 14.8. The molecule has 0 atom stereocenters. The Morgan fingerprint density at radius 1 is 0.905 bits per heavy atom. The third-order valence-electron chi connectivity index (χ3n) is 2.53. The molecule has 0 radical (unpaired) electrons. The third kappa shape index (κ3) is 4.20. The predicted molar refractivity (Wildman–Crippen MR) is 81.4 cm³/mol. The normalized spacial score (nSPS) is 10.0. The molecule has 0 unspecified atom stereocenters. The molecule has 0 amide bonds. The number of hydrogen-bond donors (Lipinski definition) is 2. The summed E-state index contributed by atoms with van der Waals surface area (Å²) in [6, 6.07) is 7.85. The minimum Gasteiger partial charge on any atom is -0.494 e. The summed E-state index contributed by atoms with van der Waals surface area (Å²) >= 11 is 0. The van der Waals surface area contributed by atoms with E-state index in [1.54, 1.807) is 7.05 Å². The van der Waals surface area contributed by atoms with Gasteiger partial charge in [-0.1, -0.05) is 0 Å². The molecule has 2 rings (SSSR count). The van der Waals surface area contributed by atoms with E-state index in [-0.39, 0.29) is 6.01 Å². The summed E-state index contributed by atoms with van der Waals surface area (Å²) in [7, 11) is 1.74. The number of ether oxygens (including phenoxy) is 2. The summed E-state index contributed by atoms with van der Waals surface area (Å²) in [5.41, 5.74) is 0.856. The van der Waals surface area contributed by atoms with Gasteiger partial charge in [0.05, 0.1) is 13.2 Å². The molecule has 7 heteroatoms. The van der Waals surface area contributed by atoms with Gasteiger partial charge in [0.1, 0.15) is 5.75 Å². The maximum absolute atomic E-state index is 5.40. The van der Waals surface area contributed by atoms with Crippen molar-refractivity contribution in [2.75, 3.05) is 30.9 Å². The van der Waals surface area contributed by atoms with Gasteiger partial charge in [0, 0.05) is 12.7 Å². The molecule has 0 fully saturated rings. The molecule has 21 heavy (non-hydrogen) atoms. The van der Waals surface area contributed by atoms with Crippen LogP contribution in [-0.2, 0) is 0 Å².